The van der Waals surface area contributed by atoms with Crippen LogP contribution in [-0.4, -0.2) is 24.5 Å². The molecule has 0 aliphatic heterocycles. The van der Waals surface area contributed by atoms with E-state index in [0.29, 0.717) is 17.5 Å². The fraction of sp³-hybridized carbons (Fsp3) is 0. The summed E-state index contributed by atoms with van der Waals surface area (Å²) >= 11 is 0. The Morgan fingerprint density at radius 2 is 0.656 bits per heavy atom. The van der Waals surface area contributed by atoms with Gasteiger partial charge in [-0.2, -0.15) is 0 Å². The van der Waals surface area contributed by atoms with E-state index in [1.807, 2.05) is 73.1 Å². The predicted molar refractivity (Wildman–Crippen MR) is 250 cm³/mol. The summed E-state index contributed by atoms with van der Waals surface area (Å²) in [6.07, 6.45) is 4.00. The molecule has 286 valence electrons. The van der Waals surface area contributed by atoms with Crippen LogP contribution in [0, 0.1) is 0 Å². The van der Waals surface area contributed by atoms with Gasteiger partial charge in [0, 0.05) is 44.8 Å². The van der Waals surface area contributed by atoms with Gasteiger partial charge < -0.3 is 4.57 Å². The highest BCUT2D eigenvalue weighted by Gasteiger charge is 2.21. The van der Waals surface area contributed by atoms with Crippen LogP contribution < -0.4 is 0 Å². The second kappa shape index (κ2) is 15.5. The molecule has 61 heavy (non-hydrogen) atoms. The first kappa shape index (κ1) is 35.8. The molecule has 8 aromatic carbocycles. The quantitative estimate of drug-likeness (QED) is 0.154. The Morgan fingerprint density at radius 3 is 1.10 bits per heavy atom. The SMILES string of the molecule is c1ccc(-c2ccc3c(c2)c2cc(-c4ccccc4)ccc2n3-c2cncc(-c3ccccc3)c2-c2ccc(-c3nc(-c4ccccc4)nc(-c4ccccc4)n3)cc2)cc1. The molecule has 5 nitrogen and oxygen atoms in total. The molecule has 0 unspecified atom stereocenters. The molecule has 0 saturated carbocycles. The van der Waals surface area contributed by atoms with Crippen molar-refractivity contribution in [3.05, 3.63) is 225 Å². The Hall–Kier alpha value is -8.28. The molecule has 0 bridgehead atoms. The van der Waals surface area contributed by atoms with Crippen LogP contribution in [0.3, 0.4) is 0 Å². The van der Waals surface area contributed by atoms with E-state index < -0.39 is 0 Å². The van der Waals surface area contributed by atoms with Gasteiger partial charge in [0.2, 0.25) is 0 Å². The molecule has 3 heterocycles. The summed E-state index contributed by atoms with van der Waals surface area (Å²) in [5.41, 5.74) is 15.0. The number of hydrogen-bond acceptors (Lipinski definition) is 4. The van der Waals surface area contributed by atoms with E-state index in [9.17, 15) is 0 Å². The van der Waals surface area contributed by atoms with Crippen LogP contribution in [-0.2, 0) is 0 Å². The first-order valence-electron chi connectivity index (χ1n) is 20.5. The van der Waals surface area contributed by atoms with Crippen LogP contribution in [0.5, 0.6) is 0 Å². The molecule has 0 radical (unpaired) electrons. The van der Waals surface area contributed by atoms with Crippen LogP contribution in [0.25, 0.3) is 106 Å². The summed E-state index contributed by atoms with van der Waals surface area (Å²) < 4.78 is 2.39. The zero-order valence-corrected chi connectivity index (χ0v) is 33.1. The van der Waals surface area contributed by atoms with E-state index in [4.69, 9.17) is 19.9 Å². The van der Waals surface area contributed by atoms with Crippen LogP contribution in [0.15, 0.2) is 225 Å². The van der Waals surface area contributed by atoms with Gasteiger partial charge in [-0.05, 0) is 57.6 Å². The van der Waals surface area contributed by atoms with E-state index in [1.165, 1.54) is 33.0 Å². The zero-order valence-electron chi connectivity index (χ0n) is 33.1. The molecule has 5 heteroatoms. The summed E-state index contributed by atoms with van der Waals surface area (Å²) in [4.78, 5) is 19.9. The van der Waals surface area contributed by atoms with Crippen molar-refractivity contribution in [1.82, 2.24) is 24.5 Å². The molecule has 0 spiro atoms. The molecule has 0 atom stereocenters. The zero-order chi connectivity index (χ0) is 40.5. The van der Waals surface area contributed by atoms with E-state index in [0.717, 1.165) is 55.7 Å². The average molecular weight is 780 g/mol. The standard InChI is InChI=1S/C56H37N5/c1-6-16-38(17-7-1)45-30-32-50-47(34-45)48-35-46(39-18-8-2-9-19-39)31-33-51(48)61(50)52-37-57-36-49(40-20-10-3-11-21-40)53(52)41-26-28-44(29-27-41)56-59-54(42-22-12-4-13-23-42)58-55(60-56)43-24-14-5-15-25-43/h1-37H. The first-order chi connectivity index (χ1) is 30.2. The van der Waals surface area contributed by atoms with Gasteiger partial charge in [-0.1, -0.05) is 188 Å². The van der Waals surface area contributed by atoms with Crippen LogP contribution >= 0.6 is 0 Å². The maximum Gasteiger partial charge on any atom is 0.164 e. The summed E-state index contributed by atoms with van der Waals surface area (Å²) in [5.74, 6) is 1.88. The lowest BCUT2D eigenvalue weighted by Gasteiger charge is -2.18. The minimum atomic E-state index is 0.614. The molecule has 11 aromatic rings. The topological polar surface area (TPSA) is 56.5 Å². The third-order valence-electron chi connectivity index (χ3n) is 11.4. The molecular formula is C56H37N5. The van der Waals surface area contributed by atoms with Gasteiger partial charge in [0.25, 0.3) is 0 Å². The Morgan fingerprint density at radius 1 is 0.295 bits per heavy atom. The summed E-state index contributed by atoms with van der Waals surface area (Å²) in [7, 11) is 0. The smallest absolute Gasteiger partial charge is 0.164 e. The number of hydrogen-bond donors (Lipinski definition) is 0. The van der Waals surface area contributed by atoms with Gasteiger partial charge in [0.05, 0.1) is 22.9 Å². The molecule has 0 fully saturated rings. The lowest BCUT2D eigenvalue weighted by Crippen LogP contribution is -2.01. The average Bonchev–Trinajstić information content (AvgIpc) is 3.68. The number of rotatable bonds is 8. The molecule has 11 rings (SSSR count). The second-order valence-corrected chi connectivity index (χ2v) is 15.1. The lowest BCUT2D eigenvalue weighted by molar-refractivity contribution is 1.07. The molecule has 0 aliphatic rings. The van der Waals surface area contributed by atoms with Gasteiger partial charge in [-0.15, -0.1) is 0 Å². The van der Waals surface area contributed by atoms with Crippen molar-refractivity contribution in [2.75, 3.05) is 0 Å². The van der Waals surface area contributed by atoms with Gasteiger partial charge in [0.15, 0.2) is 17.5 Å². The van der Waals surface area contributed by atoms with Crippen molar-refractivity contribution in [2.24, 2.45) is 0 Å². The number of pyridine rings is 1. The van der Waals surface area contributed by atoms with Gasteiger partial charge >= 0.3 is 0 Å². The molecular weight excluding hydrogens is 743 g/mol. The number of benzene rings is 8. The maximum absolute atomic E-state index is 5.02. The molecule has 0 N–H and O–H groups in total. The Labute approximate surface area is 354 Å². The highest BCUT2D eigenvalue weighted by Crippen LogP contribution is 2.43. The number of nitrogens with zero attached hydrogens (tertiary/aromatic N) is 5. The van der Waals surface area contributed by atoms with Crippen LogP contribution in [0.1, 0.15) is 0 Å². The molecule has 0 amide bonds. The van der Waals surface area contributed by atoms with Crippen molar-refractivity contribution >= 4 is 21.8 Å². The lowest BCUT2D eigenvalue weighted by atomic mass is 9.94. The highest BCUT2D eigenvalue weighted by atomic mass is 15.0. The highest BCUT2D eigenvalue weighted by molar-refractivity contribution is 6.12. The van der Waals surface area contributed by atoms with Crippen LogP contribution in [0.2, 0.25) is 0 Å². The minimum absolute atomic E-state index is 0.614. The monoisotopic (exact) mass is 779 g/mol. The van der Waals surface area contributed by atoms with Gasteiger partial charge in [-0.3, -0.25) is 4.98 Å². The summed E-state index contributed by atoms with van der Waals surface area (Å²) in [6.45, 7) is 0. The molecule has 0 aliphatic carbocycles. The Bertz CT molecular complexity index is 3160. The number of fused-ring (bicyclic) bond motifs is 3. The van der Waals surface area contributed by atoms with E-state index in [-0.39, 0.29) is 0 Å². The third-order valence-corrected chi connectivity index (χ3v) is 11.4. The first-order valence-corrected chi connectivity index (χ1v) is 20.5. The maximum atomic E-state index is 5.02. The predicted octanol–water partition coefficient (Wildman–Crippen LogP) is 14.0. The largest absolute Gasteiger partial charge is 0.307 e. The normalized spacial score (nSPS) is 11.3. The van der Waals surface area contributed by atoms with E-state index in [1.54, 1.807) is 0 Å². The van der Waals surface area contributed by atoms with Crippen LogP contribution in [0.4, 0.5) is 0 Å². The molecule has 3 aromatic heterocycles. The fourth-order valence-corrected chi connectivity index (χ4v) is 8.39. The molecule has 0 saturated heterocycles. The van der Waals surface area contributed by atoms with Crippen molar-refractivity contribution < 1.29 is 0 Å². The van der Waals surface area contributed by atoms with Crippen molar-refractivity contribution in [2.45, 2.75) is 0 Å². The Balaban J connectivity index is 1.12. The number of aromatic nitrogens is 5. The summed E-state index contributed by atoms with van der Waals surface area (Å²) in [6, 6.07) is 74.2. The van der Waals surface area contributed by atoms with Crippen molar-refractivity contribution in [3.63, 3.8) is 0 Å². The fourth-order valence-electron chi connectivity index (χ4n) is 8.39. The van der Waals surface area contributed by atoms with Crippen molar-refractivity contribution in [1.29, 1.82) is 0 Å². The van der Waals surface area contributed by atoms with E-state index in [2.05, 4.69) is 156 Å². The van der Waals surface area contributed by atoms with Gasteiger partial charge in [0.1, 0.15) is 0 Å². The minimum Gasteiger partial charge on any atom is -0.307 e. The third kappa shape index (κ3) is 6.74. The second-order valence-electron chi connectivity index (χ2n) is 15.1. The van der Waals surface area contributed by atoms with E-state index >= 15 is 0 Å². The van der Waals surface area contributed by atoms with Crippen molar-refractivity contribution in [3.8, 4) is 84.4 Å². The Kier molecular flexibility index (Phi) is 9.10. The van der Waals surface area contributed by atoms with Gasteiger partial charge in [-0.25, -0.2) is 15.0 Å². The summed E-state index contributed by atoms with van der Waals surface area (Å²) in [5, 5.41) is 2.36.